The van der Waals surface area contributed by atoms with Crippen LogP contribution < -0.4 is 10.6 Å². The van der Waals surface area contributed by atoms with Crippen LogP contribution in [0, 0.1) is 13.8 Å². The van der Waals surface area contributed by atoms with Crippen LogP contribution in [0.5, 0.6) is 0 Å². The fourth-order valence-corrected chi connectivity index (χ4v) is 2.29. The molecule has 0 aliphatic carbocycles. The van der Waals surface area contributed by atoms with Crippen LogP contribution in [0.2, 0.25) is 0 Å². The summed E-state index contributed by atoms with van der Waals surface area (Å²) in [6.07, 6.45) is 0. The molecule has 18 heavy (non-hydrogen) atoms. The molecule has 0 saturated carbocycles. The van der Waals surface area contributed by atoms with Crippen LogP contribution in [-0.4, -0.2) is 24.2 Å². The van der Waals surface area contributed by atoms with Gasteiger partial charge in [-0.25, -0.2) is 4.79 Å². The van der Waals surface area contributed by atoms with Gasteiger partial charge in [0, 0.05) is 11.9 Å². The average Bonchev–Trinajstić information content (AvgIpc) is 2.33. The lowest BCUT2D eigenvalue weighted by Crippen LogP contribution is -2.41. The molecule has 3 amide bonds. The molecule has 0 heterocycles. The van der Waals surface area contributed by atoms with Crippen molar-refractivity contribution < 1.29 is 9.59 Å². The van der Waals surface area contributed by atoms with Gasteiger partial charge in [-0.3, -0.25) is 10.1 Å². The first kappa shape index (κ1) is 14.6. The Morgan fingerprint density at radius 2 is 1.89 bits per heavy atom. The van der Waals surface area contributed by atoms with E-state index < -0.39 is 6.03 Å². The number of carbonyl (C=O) groups is 2. The molecule has 98 valence electrons. The Hall–Kier alpha value is -1.49. The van der Waals surface area contributed by atoms with Crippen molar-refractivity contribution in [2.24, 2.45) is 0 Å². The van der Waals surface area contributed by atoms with Crippen LogP contribution in [0.1, 0.15) is 18.1 Å². The summed E-state index contributed by atoms with van der Waals surface area (Å²) < 4.78 is 0. The molecule has 0 aromatic heterocycles. The number of hydrogen-bond donors (Lipinski definition) is 2. The van der Waals surface area contributed by atoms with Crippen molar-refractivity contribution in [3.8, 4) is 0 Å². The summed E-state index contributed by atoms with van der Waals surface area (Å²) in [7, 11) is 1.48. The van der Waals surface area contributed by atoms with Crippen LogP contribution in [0.25, 0.3) is 0 Å². The third-order valence-electron chi connectivity index (χ3n) is 2.62. The Balaban J connectivity index is 2.63. The Kier molecular flexibility index (Phi) is 5.22. The Morgan fingerprint density at radius 3 is 2.44 bits per heavy atom. The van der Waals surface area contributed by atoms with Gasteiger partial charge in [-0.05, 0) is 44.0 Å². The molecule has 0 bridgehead atoms. The highest BCUT2D eigenvalue weighted by molar-refractivity contribution is 8.00. The quantitative estimate of drug-likeness (QED) is 0.825. The lowest BCUT2D eigenvalue weighted by Gasteiger charge is -2.11. The normalized spacial score (nSPS) is 11.8. The largest absolute Gasteiger partial charge is 0.341 e. The highest BCUT2D eigenvalue weighted by Gasteiger charge is 2.16. The molecule has 0 unspecified atom stereocenters. The first-order chi connectivity index (χ1) is 8.43. The summed E-state index contributed by atoms with van der Waals surface area (Å²) in [6, 6.07) is 5.58. The second kappa shape index (κ2) is 6.44. The van der Waals surface area contributed by atoms with Crippen molar-refractivity contribution in [2.45, 2.75) is 30.9 Å². The fraction of sp³-hybridized carbons (Fsp3) is 0.385. The lowest BCUT2D eigenvalue weighted by molar-refractivity contribution is -0.119. The van der Waals surface area contributed by atoms with E-state index in [-0.39, 0.29) is 11.2 Å². The summed E-state index contributed by atoms with van der Waals surface area (Å²) in [5.74, 6) is -0.294. The number of imide groups is 1. The zero-order valence-electron chi connectivity index (χ0n) is 11.0. The zero-order valence-corrected chi connectivity index (χ0v) is 11.9. The summed E-state index contributed by atoms with van der Waals surface area (Å²) in [4.78, 5) is 23.7. The Labute approximate surface area is 112 Å². The minimum absolute atomic E-state index is 0.294. The number of amides is 3. The van der Waals surface area contributed by atoms with Gasteiger partial charge in [0.2, 0.25) is 5.91 Å². The van der Waals surface area contributed by atoms with Gasteiger partial charge in [0.25, 0.3) is 0 Å². The van der Waals surface area contributed by atoms with Crippen molar-refractivity contribution in [1.82, 2.24) is 10.6 Å². The van der Waals surface area contributed by atoms with Gasteiger partial charge in [0.1, 0.15) is 0 Å². The van der Waals surface area contributed by atoms with Crippen molar-refractivity contribution in [1.29, 1.82) is 0 Å². The number of benzene rings is 1. The van der Waals surface area contributed by atoms with Crippen molar-refractivity contribution in [3.63, 3.8) is 0 Å². The molecule has 0 radical (unpaired) electrons. The molecule has 0 spiro atoms. The van der Waals surface area contributed by atoms with Crippen molar-refractivity contribution >= 4 is 23.7 Å². The van der Waals surface area contributed by atoms with E-state index in [4.69, 9.17) is 0 Å². The van der Waals surface area contributed by atoms with E-state index >= 15 is 0 Å². The fourth-order valence-electron chi connectivity index (χ4n) is 1.32. The summed E-state index contributed by atoms with van der Waals surface area (Å²) in [5, 5.41) is 4.30. The number of thioether (sulfide) groups is 1. The molecule has 0 aliphatic heterocycles. The number of hydrogen-bond acceptors (Lipinski definition) is 3. The monoisotopic (exact) mass is 266 g/mol. The van der Waals surface area contributed by atoms with Crippen molar-refractivity contribution in [3.05, 3.63) is 29.3 Å². The van der Waals surface area contributed by atoms with E-state index in [9.17, 15) is 9.59 Å². The first-order valence-corrected chi connectivity index (χ1v) is 6.58. The summed E-state index contributed by atoms with van der Waals surface area (Å²) in [6.45, 7) is 5.86. The third-order valence-corrected chi connectivity index (χ3v) is 3.72. The highest BCUT2D eigenvalue weighted by Crippen LogP contribution is 2.25. The van der Waals surface area contributed by atoms with Gasteiger partial charge in [0.15, 0.2) is 0 Å². The summed E-state index contributed by atoms with van der Waals surface area (Å²) >= 11 is 1.43. The standard InChI is InChI=1S/C13H18N2O2S/c1-8-5-6-11(7-9(8)2)18-10(3)12(16)15-13(17)14-4/h5-7,10H,1-4H3,(H2,14,15,16,17)/t10-/m1/s1. The Morgan fingerprint density at radius 1 is 1.22 bits per heavy atom. The summed E-state index contributed by atoms with van der Waals surface area (Å²) in [5.41, 5.74) is 2.42. The van der Waals surface area contributed by atoms with Gasteiger partial charge < -0.3 is 5.32 Å². The maximum atomic E-state index is 11.7. The van der Waals surface area contributed by atoms with Gasteiger partial charge >= 0.3 is 6.03 Å². The number of carbonyl (C=O) groups excluding carboxylic acids is 2. The molecule has 1 aromatic carbocycles. The van der Waals surface area contributed by atoms with E-state index in [2.05, 4.69) is 10.6 Å². The number of aryl methyl sites for hydroxylation is 2. The third kappa shape index (κ3) is 4.07. The van der Waals surface area contributed by atoms with Gasteiger partial charge in [-0.15, -0.1) is 11.8 Å². The molecule has 2 N–H and O–H groups in total. The van der Waals surface area contributed by atoms with Crippen LogP contribution in [0.4, 0.5) is 4.79 Å². The molecule has 1 rings (SSSR count). The Bertz CT molecular complexity index is 460. The number of rotatable bonds is 3. The average molecular weight is 266 g/mol. The second-order valence-electron chi connectivity index (χ2n) is 4.07. The minimum Gasteiger partial charge on any atom is -0.341 e. The van der Waals surface area contributed by atoms with Crippen LogP contribution >= 0.6 is 11.8 Å². The smallest absolute Gasteiger partial charge is 0.321 e. The molecular formula is C13H18N2O2S. The van der Waals surface area contributed by atoms with Crippen LogP contribution in [-0.2, 0) is 4.79 Å². The molecule has 1 aromatic rings. The van der Waals surface area contributed by atoms with Gasteiger partial charge in [-0.2, -0.15) is 0 Å². The molecule has 4 nitrogen and oxygen atoms in total. The van der Waals surface area contributed by atoms with Gasteiger partial charge in [0.05, 0.1) is 5.25 Å². The highest BCUT2D eigenvalue weighted by atomic mass is 32.2. The predicted octanol–water partition coefficient (Wildman–Crippen LogP) is 2.24. The lowest BCUT2D eigenvalue weighted by atomic mass is 10.1. The SMILES string of the molecule is CNC(=O)NC(=O)[C@@H](C)Sc1ccc(C)c(C)c1. The van der Waals surface area contributed by atoms with Crippen LogP contribution in [0.15, 0.2) is 23.1 Å². The molecular weight excluding hydrogens is 248 g/mol. The molecule has 5 heteroatoms. The molecule has 0 aliphatic rings. The molecule has 0 saturated heterocycles. The predicted molar refractivity (Wildman–Crippen MR) is 73.8 cm³/mol. The number of nitrogens with one attached hydrogen (secondary N) is 2. The van der Waals surface area contributed by atoms with Crippen LogP contribution in [0.3, 0.4) is 0 Å². The molecule has 0 fully saturated rings. The van der Waals surface area contributed by atoms with Crippen molar-refractivity contribution in [2.75, 3.05) is 7.05 Å². The number of urea groups is 1. The zero-order chi connectivity index (χ0) is 13.7. The van der Waals surface area contributed by atoms with E-state index in [1.54, 1.807) is 6.92 Å². The first-order valence-electron chi connectivity index (χ1n) is 5.70. The molecule has 1 atom stereocenters. The second-order valence-corrected chi connectivity index (χ2v) is 5.49. The minimum atomic E-state index is -0.479. The maximum Gasteiger partial charge on any atom is 0.321 e. The van der Waals surface area contributed by atoms with E-state index in [0.717, 1.165) is 4.90 Å². The topological polar surface area (TPSA) is 58.2 Å². The van der Waals surface area contributed by atoms with Gasteiger partial charge in [-0.1, -0.05) is 6.07 Å². The maximum absolute atomic E-state index is 11.7. The van der Waals surface area contributed by atoms with E-state index in [1.165, 1.54) is 29.9 Å². The van der Waals surface area contributed by atoms with E-state index in [0.29, 0.717) is 0 Å². The van der Waals surface area contributed by atoms with E-state index in [1.807, 2.05) is 32.0 Å².